The first-order chi connectivity index (χ1) is 10.2. The molecule has 2 heteroatoms. The Morgan fingerprint density at radius 3 is 2.71 bits per heavy atom. The van der Waals surface area contributed by atoms with Crippen LogP contribution in [0.15, 0.2) is 24.3 Å². The van der Waals surface area contributed by atoms with Gasteiger partial charge in [-0.2, -0.15) is 0 Å². The third kappa shape index (κ3) is 3.49. The van der Waals surface area contributed by atoms with Gasteiger partial charge in [-0.25, -0.2) is 0 Å². The van der Waals surface area contributed by atoms with Crippen molar-refractivity contribution in [2.45, 2.75) is 70.0 Å². The average Bonchev–Trinajstić information content (AvgIpc) is 3.11. The normalized spacial score (nSPS) is 25.5. The van der Waals surface area contributed by atoms with Crippen LogP contribution in [-0.4, -0.2) is 23.4 Å². The largest absolute Gasteiger partial charge is 0.396 e. The van der Waals surface area contributed by atoms with Crippen LogP contribution in [0.2, 0.25) is 0 Å². The zero-order valence-electron chi connectivity index (χ0n) is 13.2. The fourth-order valence-electron chi connectivity index (χ4n) is 4.19. The Labute approximate surface area is 128 Å². The summed E-state index contributed by atoms with van der Waals surface area (Å²) < 4.78 is 6.40. The van der Waals surface area contributed by atoms with E-state index in [2.05, 4.69) is 31.2 Å². The molecule has 2 fully saturated rings. The highest BCUT2D eigenvalue weighted by molar-refractivity contribution is 5.25. The Balaban J connectivity index is 1.57. The zero-order valence-corrected chi connectivity index (χ0v) is 13.2. The van der Waals surface area contributed by atoms with Gasteiger partial charge in [0.05, 0.1) is 11.7 Å². The molecule has 21 heavy (non-hydrogen) atoms. The second kappa shape index (κ2) is 6.50. The lowest BCUT2D eigenvalue weighted by Gasteiger charge is -2.25. The molecule has 0 bridgehead atoms. The van der Waals surface area contributed by atoms with E-state index < -0.39 is 0 Å². The van der Waals surface area contributed by atoms with Crippen molar-refractivity contribution in [3.8, 4) is 0 Å². The van der Waals surface area contributed by atoms with E-state index >= 15 is 0 Å². The molecule has 0 radical (unpaired) electrons. The third-order valence-electron chi connectivity index (χ3n) is 5.48. The molecule has 1 aliphatic carbocycles. The molecule has 2 nitrogen and oxygen atoms in total. The van der Waals surface area contributed by atoms with Gasteiger partial charge >= 0.3 is 0 Å². The zero-order chi connectivity index (χ0) is 14.7. The first kappa shape index (κ1) is 15.1. The lowest BCUT2D eigenvalue weighted by molar-refractivity contribution is -0.0466. The van der Waals surface area contributed by atoms with Gasteiger partial charge in [0, 0.05) is 6.61 Å². The van der Waals surface area contributed by atoms with Crippen molar-refractivity contribution >= 4 is 0 Å². The number of rotatable bonds is 5. The van der Waals surface area contributed by atoms with E-state index in [0.29, 0.717) is 12.0 Å². The van der Waals surface area contributed by atoms with Crippen LogP contribution in [0.25, 0.3) is 0 Å². The van der Waals surface area contributed by atoms with Crippen LogP contribution < -0.4 is 0 Å². The van der Waals surface area contributed by atoms with Gasteiger partial charge in [0.2, 0.25) is 0 Å². The van der Waals surface area contributed by atoms with Gasteiger partial charge in [-0.3, -0.25) is 0 Å². The number of aryl methyl sites for hydroxylation is 1. The van der Waals surface area contributed by atoms with Gasteiger partial charge in [0.15, 0.2) is 0 Å². The quantitative estimate of drug-likeness (QED) is 0.886. The molecule has 1 saturated carbocycles. The van der Waals surface area contributed by atoms with Crippen LogP contribution in [0.4, 0.5) is 0 Å². The predicted octanol–water partition coefficient (Wildman–Crippen LogP) is 4.03. The number of ether oxygens (including phenoxy) is 1. The molecular weight excluding hydrogens is 260 g/mol. The monoisotopic (exact) mass is 288 g/mol. The second-order valence-corrected chi connectivity index (χ2v) is 7.08. The first-order valence-electron chi connectivity index (χ1n) is 8.54. The maximum Gasteiger partial charge on any atom is 0.0687 e. The van der Waals surface area contributed by atoms with E-state index in [1.54, 1.807) is 0 Å². The molecule has 0 amide bonds. The van der Waals surface area contributed by atoms with Crippen molar-refractivity contribution in [1.82, 2.24) is 0 Å². The minimum Gasteiger partial charge on any atom is -0.396 e. The van der Waals surface area contributed by atoms with Crippen LogP contribution in [0.5, 0.6) is 0 Å². The molecule has 1 aromatic rings. The Morgan fingerprint density at radius 1 is 1.24 bits per heavy atom. The molecule has 116 valence electrons. The summed E-state index contributed by atoms with van der Waals surface area (Å²) in [6, 6.07) is 8.52. The number of aliphatic hydroxyl groups excluding tert-OH is 1. The van der Waals surface area contributed by atoms with E-state index in [1.807, 2.05) is 0 Å². The highest BCUT2D eigenvalue weighted by Gasteiger charge is 2.42. The van der Waals surface area contributed by atoms with Crippen LogP contribution in [-0.2, 0) is 11.2 Å². The topological polar surface area (TPSA) is 29.5 Å². The lowest BCUT2D eigenvalue weighted by Crippen LogP contribution is -2.26. The van der Waals surface area contributed by atoms with Crippen LogP contribution in [0.1, 0.15) is 56.1 Å². The standard InChI is InChI=1S/C19H28O2/c1-15-6-2-3-7-17(15)12-16(14-20)13-18-8-11-19(21-18)9-4-5-10-19/h2-3,6-7,16,18,20H,4-5,8-14H2,1H3. The van der Waals surface area contributed by atoms with E-state index in [1.165, 1.54) is 49.7 Å². The molecule has 3 rings (SSSR count). The first-order valence-corrected chi connectivity index (χ1v) is 8.54. The molecule has 2 unspecified atom stereocenters. The smallest absolute Gasteiger partial charge is 0.0687 e. The van der Waals surface area contributed by atoms with Gasteiger partial charge in [-0.05, 0) is 62.5 Å². The summed E-state index contributed by atoms with van der Waals surface area (Å²) >= 11 is 0. The minimum absolute atomic E-state index is 0.216. The van der Waals surface area contributed by atoms with E-state index in [0.717, 1.165) is 12.8 Å². The molecule has 1 saturated heterocycles. The van der Waals surface area contributed by atoms with Gasteiger partial charge < -0.3 is 9.84 Å². The highest BCUT2D eigenvalue weighted by Crippen LogP contribution is 2.44. The lowest BCUT2D eigenvalue weighted by atomic mass is 9.91. The van der Waals surface area contributed by atoms with Crippen molar-refractivity contribution in [3.05, 3.63) is 35.4 Å². The molecule has 1 aliphatic heterocycles. The number of hydrogen-bond donors (Lipinski definition) is 1. The maximum absolute atomic E-state index is 9.74. The molecule has 2 aliphatic rings. The summed E-state index contributed by atoms with van der Waals surface area (Å²) in [5.74, 6) is 0.327. The summed E-state index contributed by atoms with van der Waals surface area (Å²) in [7, 11) is 0. The number of benzene rings is 1. The van der Waals surface area contributed by atoms with Crippen LogP contribution in [0, 0.1) is 12.8 Å². The fourth-order valence-corrected chi connectivity index (χ4v) is 4.19. The predicted molar refractivity (Wildman–Crippen MR) is 85.4 cm³/mol. The van der Waals surface area contributed by atoms with Gasteiger partial charge in [0.25, 0.3) is 0 Å². The van der Waals surface area contributed by atoms with E-state index in [9.17, 15) is 5.11 Å². The maximum atomic E-state index is 9.74. The summed E-state index contributed by atoms with van der Waals surface area (Å²) in [4.78, 5) is 0. The van der Waals surface area contributed by atoms with Crippen molar-refractivity contribution in [2.75, 3.05) is 6.61 Å². The van der Waals surface area contributed by atoms with E-state index in [4.69, 9.17) is 4.74 Å². The third-order valence-corrected chi connectivity index (χ3v) is 5.48. The average molecular weight is 288 g/mol. The summed E-state index contributed by atoms with van der Waals surface area (Å²) in [5.41, 5.74) is 2.91. The van der Waals surface area contributed by atoms with Gasteiger partial charge in [-0.15, -0.1) is 0 Å². The Kier molecular flexibility index (Phi) is 4.66. The summed E-state index contributed by atoms with van der Waals surface area (Å²) in [6.45, 7) is 2.42. The second-order valence-electron chi connectivity index (χ2n) is 7.08. The highest BCUT2D eigenvalue weighted by atomic mass is 16.5. The summed E-state index contributed by atoms with van der Waals surface area (Å²) in [5, 5.41) is 9.74. The SMILES string of the molecule is Cc1ccccc1CC(CO)CC1CCC2(CCCC2)O1. The van der Waals surface area contributed by atoms with E-state index in [-0.39, 0.29) is 12.2 Å². The van der Waals surface area contributed by atoms with Gasteiger partial charge in [-0.1, -0.05) is 37.1 Å². The number of hydrogen-bond acceptors (Lipinski definition) is 2. The van der Waals surface area contributed by atoms with Gasteiger partial charge in [0.1, 0.15) is 0 Å². The Morgan fingerprint density at radius 2 is 2.00 bits per heavy atom. The summed E-state index contributed by atoms with van der Waals surface area (Å²) in [6.07, 6.45) is 9.94. The Bertz CT molecular complexity index is 462. The molecule has 1 aromatic carbocycles. The minimum atomic E-state index is 0.216. The van der Waals surface area contributed by atoms with Crippen molar-refractivity contribution in [1.29, 1.82) is 0 Å². The molecule has 0 aromatic heterocycles. The van der Waals surface area contributed by atoms with Crippen molar-refractivity contribution < 1.29 is 9.84 Å². The number of aliphatic hydroxyl groups is 1. The molecular formula is C19H28O2. The molecule has 1 spiro atoms. The molecule has 1 N–H and O–H groups in total. The molecule has 2 atom stereocenters. The van der Waals surface area contributed by atoms with Crippen molar-refractivity contribution in [2.24, 2.45) is 5.92 Å². The van der Waals surface area contributed by atoms with Crippen molar-refractivity contribution in [3.63, 3.8) is 0 Å². The van der Waals surface area contributed by atoms with Crippen LogP contribution in [0.3, 0.4) is 0 Å². The Hall–Kier alpha value is -0.860. The fraction of sp³-hybridized carbons (Fsp3) is 0.684. The molecule has 1 heterocycles. The van der Waals surface area contributed by atoms with Crippen LogP contribution >= 0.6 is 0 Å².